The Morgan fingerprint density at radius 1 is 0.691 bits per heavy atom. The van der Waals surface area contributed by atoms with E-state index in [1.54, 1.807) is 29.2 Å². The second-order valence-corrected chi connectivity index (χ2v) is 15.7. The molecule has 284 valence electrons. The van der Waals surface area contributed by atoms with E-state index in [4.69, 9.17) is 4.74 Å². The highest BCUT2D eigenvalue weighted by Crippen LogP contribution is 2.46. The average molecular weight is 742 g/mol. The molecule has 55 heavy (non-hydrogen) atoms. The average Bonchev–Trinajstić information content (AvgIpc) is 3.53. The van der Waals surface area contributed by atoms with Crippen LogP contribution in [0.2, 0.25) is 0 Å². The lowest BCUT2D eigenvalue weighted by atomic mass is 9.79. The summed E-state index contributed by atoms with van der Waals surface area (Å²) in [4.78, 5) is 46.3. The Kier molecular flexibility index (Phi) is 9.43. The molecule has 11 nitrogen and oxygen atoms in total. The summed E-state index contributed by atoms with van der Waals surface area (Å²) in [5.74, 6) is 0.294. The predicted molar refractivity (Wildman–Crippen MR) is 208 cm³/mol. The van der Waals surface area contributed by atoms with Crippen LogP contribution in [-0.4, -0.2) is 89.6 Å². The Hall–Kier alpha value is -5.39. The summed E-state index contributed by atoms with van der Waals surface area (Å²) >= 11 is 0. The van der Waals surface area contributed by atoms with Crippen molar-refractivity contribution in [2.24, 2.45) is 5.92 Å². The van der Waals surface area contributed by atoms with Gasteiger partial charge in [0.15, 0.2) is 0 Å². The molecule has 0 saturated carbocycles. The summed E-state index contributed by atoms with van der Waals surface area (Å²) in [6.07, 6.45) is 2.72. The van der Waals surface area contributed by atoms with Crippen molar-refractivity contribution in [3.05, 3.63) is 118 Å². The molecule has 9 rings (SSSR count). The number of fused-ring (bicyclic) bond motifs is 2. The van der Waals surface area contributed by atoms with E-state index in [2.05, 4.69) is 50.3 Å². The van der Waals surface area contributed by atoms with Crippen molar-refractivity contribution >= 4 is 29.1 Å². The zero-order chi connectivity index (χ0) is 37.6. The van der Waals surface area contributed by atoms with E-state index in [1.165, 1.54) is 5.69 Å². The number of benzene rings is 4. The van der Waals surface area contributed by atoms with Crippen molar-refractivity contribution in [1.29, 1.82) is 0 Å². The zero-order valence-corrected chi connectivity index (χ0v) is 30.9. The maximum absolute atomic E-state index is 13.1. The van der Waals surface area contributed by atoms with Gasteiger partial charge in [-0.2, -0.15) is 0 Å². The lowest BCUT2D eigenvalue weighted by Crippen LogP contribution is -2.52. The summed E-state index contributed by atoms with van der Waals surface area (Å²) in [5, 5.41) is 22.5. The number of aromatic hydroxyl groups is 2. The van der Waals surface area contributed by atoms with Crippen LogP contribution in [0.4, 0.5) is 11.4 Å². The Bertz CT molecular complexity index is 2090. The number of piperazine rings is 1. The number of phenolic OH excluding ortho intramolecular Hbond substituents is 2. The molecule has 5 heterocycles. The molecule has 5 aliphatic heterocycles. The summed E-state index contributed by atoms with van der Waals surface area (Å²) in [5.41, 5.74) is 8.26. The molecule has 0 aliphatic carbocycles. The van der Waals surface area contributed by atoms with Gasteiger partial charge >= 0.3 is 0 Å². The third-order valence-electron chi connectivity index (χ3n) is 12.4. The van der Waals surface area contributed by atoms with Crippen molar-refractivity contribution in [3.8, 4) is 11.5 Å². The Balaban J connectivity index is 0.783. The van der Waals surface area contributed by atoms with E-state index in [0.717, 1.165) is 92.2 Å². The monoisotopic (exact) mass is 741 g/mol. The molecule has 11 heteroatoms. The first kappa shape index (κ1) is 35.3. The Labute approximate surface area is 321 Å². The summed E-state index contributed by atoms with van der Waals surface area (Å²) < 4.78 is 6.41. The van der Waals surface area contributed by atoms with E-state index in [1.807, 2.05) is 30.3 Å². The highest BCUT2D eigenvalue weighted by molar-refractivity contribution is 6.05. The van der Waals surface area contributed by atoms with Crippen LogP contribution in [0.1, 0.15) is 75.9 Å². The minimum Gasteiger partial charge on any atom is -0.508 e. The molecular weight excluding hydrogens is 695 g/mol. The third kappa shape index (κ3) is 7.02. The van der Waals surface area contributed by atoms with E-state index in [-0.39, 0.29) is 47.7 Å². The van der Waals surface area contributed by atoms with Gasteiger partial charge in [0.2, 0.25) is 11.8 Å². The molecule has 0 radical (unpaired) electrons. The van der Waals surface area contributed by atoms with Crippen LogP contribution in [-0.2, 0) is 27.5 Å². The summed E-state index contributed by atoms with van der Waals surface area (Å²) in [7, 11) is 0. The van der Waals surface area contributed by atoms with Gasteiger partial charge in [-0.3, -0.25) is 24.6 Å². The van der Waals surface area contributed by atoms with Crippen LogP contribution in [0.25, 0.3) is 0 Å². The molecule has 3 saturated heterocycles. The van der Waals surface area contributed by atoms with Crippen LogP contribution < -0.4 is 15.1 Å². The molecule has 4 aromatic rings. The number of carbonyl (C=O) groups is 3. The number of nitrogens with zero attached hydrogens (tertiary/aromatic N) is 4. The number of imide groups is 1. The molecule has 3 fully saturated rings. The molecule has 0 aromatic heterocycles. The number of piperidine rings is 2. The van der Waals surface area contributed by atoms with Crippen LogP contribution in [0.5, 0.6) is 11.5 Å². The first-order valence-electron chi connectivity index (χ1n) is 19.6. The molecule has 3 N–H and O–H groups in total. The molecule has 4 aromatic carbocycles. The number of ether oxygens (including phenoxy) is 1. The quantitative estimate of drug-likeness (QED) is 0.217. The third-order valence-corrected chi connectivity index (χ3v) is 12.4. The fraction of sp³-hybridized carbons (Fsp3) is 0.386. The fourth-order valence-electron chi connectivity index (χ4n) is 9.34. The molecule has 0 bridgehead atoms. The molecule has 5 aliphatic rings. The van der Waals surface area contributed by atoms with E-state index in [0.29, 0.717) is 31.1 Å². The summed E-state index contributed by atoms with van der Waals surface area (Å²) in [6, 6.07) is 27.2. The number of hydrogen-bond acceptors (Lipinski definition) is 9. The smallest absolute Gasteiger partial charge is 0.255 e. The predicted octanol–water partition coefficient (Wildman–Crippen LogP) is 5.30. The number of rotatable bonds is 7. The number of amides is 3. The largest absolute Gasteiger partial charge is 0.508 e. The summed E-state index contributed by atoms with van der Waals surface area (Å²) in [6.45, 7) is 7.83. The minimum absolute atomic E-state index is 0.0450. The van der Waals surface area contributed by atoms with Crippen molar-refractivity contribution in [2.45, 2.75) is 56.9 Å². The second-order valence-electron chi connectivity index (χ2n) is 15.7. The molecule has 3 atom stereocenters. The standard InChI is InChI=1S/C44H47N5O6/c50-35-8-3-30(4-9-35)42-41(37-12-10-36(51)24-32(37)27-55-42)29-1-5-33(6-2-29)47-17-15-28(16-18-47)25-46-19-21-48(22-20-46)34-7-11-38-31(23-34)26-49(44(38)54)39-13-14-40(52)45-43(39)53/h1-12,23-24,28,39,41-42,50-51H,13-22,25-27H2,(H,45,52,53)/t39-,41+,42-/m0/s1. The van der Waals surface area contributed by atoms with Gasteiger partial charge in [-0.1, -0.05) is 30.3 Å². The molecule has 0 unspecified atom stereocenters. The number of carbonyl (C=O) groups excluding carboxylic acids is 3. The van der Waals surface area contributed by atoms with Crippen LogP contribution in [0.3, 0.4) is 0 Å². The number of anilines is 2. The van der Waals surface area contributed by atoms with Gasteiger partial charge in [0.1, 0.15) is 17.5 Å². The number of nitrogens with one attached hydrogen (secondary N) is 1. The van der Waals surface area contributed by atoms with Crippen molar-refractivity contribution in [2.75, 3.05) is 55.6 Å². The van der Waals surface area contributed by atoms with Gasteiger partial charge in [0.05, 0.1) is 12.7 Å². The zero-order valence-electron chi connectivity index (χ0n) is 30.9. The number of phenols is 2. The van der Waals surface area contributed by atoms with Crippen LogP contribution >= 0.6 is 0 Å². The first-order chi connectivity index (χ1) is 26.8. The van der Waals surface area contributed by atoms with Gasteiger partial charge in [-0.25, -0.2) is 0 Å². The van der Waals surface area contributed by atoms with Gasteiger partial charge in [-0.05, 0) is 108 Å². The van der Waals surface area contributed by atoms with Crippen LogP contribution in [0, 0.1) is 5.92 Å². The minimum atomic E-state index is -0.596. The normalized spacial score (nSPS) is 23.5. The van der Waals surface area contributed by atoms with Crippen molar-refractivity contribution in [3.63, 3.8) is 0 Å². The van der Waals surface area contributed by atoms with Crippen molar-refractivity contribution < 1.29 is 29.3 Å². The lowest BCUT2D eigenvalue weighted by molar-refractivity contribution is -0.136. The highest BCUT2D eigenvalue weighted by atomic mass is 16.5. The first-order valence-corrected chi connectivity index (χ1v) is 19.6. The molecular formula is C44H47N5O6. The maximum Gasteiger partial charge on any atom is 0.255 e. The molecule has 3 amide bonds. The molecule has 0 spiro atoms. The topological polar surface area (TPSA) is 126 Å². The van der Waals surface area contributed by atoms with Gasteiger partial charge in [0, 0.05) is 81.6 Å². The van der Waals surface area contributed by atoms with Crippen molar-refractivity contribution in [1.82, 2.24) is 15.1 Å². The Morgan fingerprint density at radius 3 is 2.13 bits per heavy atom. The maximum atomic E-state index is 13.1. The van der Waals surface area contributed by atoms with Crippen LogP contribution in [0.15, 0.2) is 84.9 Å². The van der Waals surface area contributed by atoms with Gasteiger partial charge < -0.3 is 29.6 Å². The van der Waals surface area contributed by atoms with Gasteiger partial charge in [-0.15, -0.1) is 0 Å². The van der Waals surface area contributed by atoms with E-state index in [9.17, 15) is 24.6 Å². The number of hydrogen-bond donors (Lipinski definition) is 3. The highest BCUT2D eigenvalue weighted by Gasteiger charge is 2.39. The SMILES string of the molecule is O=C1CC[C@H](N2Cc3cc(N4CCN(CC5CCN(c6ccc([C@@H]7c8ccc(O)cc8CO[C@H]7c7ccc(O)cc7)cc6)CC5)CC4)ccc3C2=O)C(=O)N1. The fourth-order valence-corrected chi connectivity index (χ4v) is 9.34. The van der Waals surface area contributed by atoms with E-state index >= 15 is 0 Å². The lowest BCUT2D eigenvalue weighted by Gasteiger charge is -2.40. The van der Waals surface area contributed by atoms with Gasteiger partial charge in [0.25, 0.3) is 5.91 Å². The second kappa shape index (κ2) is 14.7. The Morgan fingerprint density at radius 2 is 1.38 bits per heavy atom. The van der Waals surface area contributed by atoms with E-state index < -0.39 is 6.04 Å².